The summed E-state index contributed by atoms with van der Waals surface area (Å²) in [6.45, 7) is 2.52. The Hall–Kier alpha value is -1.55. The van der Waals surface area contributed by atoms with Crippen LogP contribution in [0.4, 0.5) is 5.69 Å². The lowest BCUT2D eigenvalue weighted by Gasteiger charge is -2.40. The Morgan fingerprint density at radius 1 is 1.45 bits per heavy atom. The topological polar surface area (TPSA) is 49.8 Å². The number of hydrogen-bond donors (Lipinski definition) is 1. The van der Waals surface area contributed by atoms with Crippen molar-refractivity contribution < 1.29 is 14.6 Å². The standard InChI is InChI=1S/C16H23NO3/c1-12(19)16-14(8-4-9-15(16)20-2)17(10-5-11-18)13-6-3-7-13/h4,8-9,13,18H,3,5-7,10-11H2,1-2H3. The van der Waals surface area contributed by atoms with Crippen molar-refractivity contribution in [3.8, 4) is 5.75 Å². The van der Waals surface area contributed by atoms with Crippen LogP contribution in [-0.2, 0) is 0 Å². The van der Waals surface area contributed by atoms with Gasteiger partial charge in [0.1, 0.15) is 5.75 Å². The molecule has 0 atom stereocenters. The molecule has 2 rings (SSSR count). The number of methoxy groups -OCH3 is 1. The summed E-state index contributed by atoms with van der Waals surface area (Å²) >= 11 is 0. The van der Waals surface area contributed by atoms with Gasteiger partial charge in [-0.05, 0) is 44.7 Å². The number of carbonyl (C=O) groups is 1. The van der Waals surface area contributed by atoms with Crippen LogP contribution in [0.25, 0.3) is 0 Å². The number of rotatable bonds is 7. The van der Waals surface area contributed by atoms with E-state index in [-0.39, 0.29) is 12.4 Å². The average molecular weight is 277 g/mol. The molecule has 4 heteroatoms. The minimum Gasteiger partial charge on any atom is -0.496 e. The van der Waals surface area contributed by atoms with Crippen molar-refractivity contribution >= 4 is 11.5 Å². The predicted molar refractivity (Wildman–Crippen MR) is 79.7 cm³/mol. The highest BCUT2D eigenvalue weighted by molar-refractivity contribution is 6.02. The third-order valence-corrected chi connectivity index (χ3v) is 3.96. The number of nitrogens with zero attached hydrogens (tertiary/aromatic N) is 1. The number of hydrogen-bond acceptors (Lipinski definition) is 4. The number of carbonyl (C=O) groups excluding carboxylic acids is 1. The second-order valence-corrected chi connectivity index (χ2v) is 5.27. The summed E-state index contributed by atoms with van der Waals surface area (Å²) in [5, 5.41) is 9.10. The molecular formula is C16H23NO3. The number of ketones is 1. The van der Waals surface area contributed by atoms with Gasteiger partial charge in [-0.1, -0.05) is 6.07 Å². The number of anilines is 1. The van der Waals surface area contributed by atoms with Gasteiger partial charge in [0.15, 0.2) is 5.78 Å². The molecule has 0 aromatic heterocycles. The quantitative estimate of drug-likeness (QED) is 0.778. The van der Waals surface area contributed by atoms with Gasteiger partial charge in [-0.15, -0.1) is 0 Å². The summed E-state index contributed by atoms with van der Waals surface area (Å²) in [5.74, 6) is 0.647. The number of ether oxygens (including phenoxy) is 1. The maximum atomic E-state index is 12.0. The Morgan fingerprint density at radius 3 is 2.70 bits per heavy atom. The van der Waals surface area contributed by atoms with Gasteiger partial charge in [0.2, 0.25) is 0 Å². The van der Waals surface area contributed by atoms with Crippen LogP contribution in [-0.4, -0.2) is 37.2 Å². The first-order valence-corrected chi connectivity index (χ1v) is 7.24. The van der Waals surface area contributed by atoms with E-state index >= 15 is 0 Å². The first kappa shape index (κ1) is 14.9. The van der Waals surface area contributed by atoms with Gasteiger partial charge < -0.3 is 14.7 Å². The van der Waals surface area contributed by atoms with Gasteiger partial charge >= 0.3 is 0 Å². The van der Waals surface area contributed by atoms with Crippen LogP contribution in [0, 0.1) is 0 Å². The Labute approximate surface area is 120 Å². The van der Waals surface area contributed by atoms with Crippen LogP contribution in [0.3, 0.4) is 0 Å². The van der Waals surface area contributed by atoms with E-state index in [0.29, 0.717) is 23.8 Å². The molecule has 0 bridgehead atoms. The van der Waals surface area contributed by atoms with E-state index in [1.807, 2.05) is 18.2 Å². The van der Waals surface area contributed by atoms with E-state index in [4.69, 9.17) is 9.84 Å². The van der Waals surface area contributed by atoms with E-state index in [9.17, 15) is 4.79 Å². The maximum Gasteiger partial charge on any atom is 0.165 e. The maximum absolute atomic E-state index is 12.0. The van der Waals surface area contributed by atoms with E-state index in [2.05, 4.69) is 4.90 Å². The van der Waals surface area contributed by atoms with Crippen molar-refractivity contribution in [1.29, 1.82) is 0 Å². The predicted octanol–water partition coefficient (Wildman–Crippen LogP) is 2.64. The molecule has 1 aromatic carbocycles. The first-order valence-electron chi connectivity index (χ1n) is 7.24. The minimum atomic E-state index is 0.0192. The molecule has 0 aliphatic heterocycles. The average Bonchev–Trinajstić information content (AvgIpc) is 2.40. The summed E-state index contributed by atoms with van der Waals surface area (Å²) in [4.78, 5) is 14.3. The van der Waals surface area contributed by atoms with Gasteiger partial charge in [0.25, 0.3) is 0 Å². The smallest absolute Gasteiger partial charge is 0.165 e. The lowest BCUT2D eigenvalue weighted by atomic mass is 9.90. The number of aliphatic hydroxyl groups excluding tert-OH is 1. The summed E-state index contributed by atoms with van der Waals surface area (Å²) in [6, 6.07) is 6.21. The van der Waals surface area contributed by atoms with Crippen molar-refractivity contribution in [3.63, 3.8) is 0 Å². The highest BCUT2D eigenvalue weighted by Gasteiger charge is 2.28. The second-order valence-electron chi connectivity index (χ2n) is 5.27. The van der Waals surface area contributed by atoms with Gasteiger partial charge in [-0.25, -0.2) is 0 Å². The Kier molecular flexibility index (Phi) is 5.01. The fraction of sp³-hybridized carbons (Fsp3) is 0.562. The van der Waals surface area contributed by atoms with E-state index in [1.54, 1.807) is 14.0 Å². The molecule has 20 heavy (non-hydrogen) atoms. The van der Waals surface area contributed by atoms with Crippen LogP contribution < -0.4 is 9.64 Å². The fourth-order valence-corrected chi connectivity index (χ4v) is 2.72. The molecule has 0 heterocycles. The molecule has 1 aromatic rings. The zero-order chi connectivity index (χ0) is 14.5. The van der Waals surface area contributed by atoms with Gasteiger partial charge in [-0.3, -0.25) is 4.79 Å². The van der Waals surface area contributed by atoms with Crippen LogP contribution in [0.5, 0.6) is 5.75 Å². The van der Waals surface area contributed by atoms with Crippen LogP contribution in [0.15, 0.2) is 18.2 Å². The van der Waals surface area contributed by atoms with Gasteiger partial charge in [-0.2, -0.15) is 0 Å². The molecule has 1 aliphatic rings. The van der Waals surface area contributed by atoms with Crippen molar-refractivity contribution in [2.45, 2.75) is 38.6 Å². The molecule has 1 fully saturated rings. The molecule has 0 spiro atoms. The van der Waals surface area contributed by atoms with Gasteiger partial charge in [0.05, 0.1) is 18.4 Å². The lowest BCUT2D eigenvalue weighted by Crippen LogP contribution is -2.41. The molecule has 0 saturated heterocycles. The molecule has 1 N–H and O–H groups in total. The lowest BCUT2D eigenvalue weighted by molar-refractivity contribution is 0.101. The zero-order valence-corrected chi connectivity index (χ0v) is 12.3. The van der Waals surface area contributed by atoms with Crippen LogP contribution in [0.1, 0.15) is 43.0 Å². The van der Waals surface area contributed by atoms with Crippen LogP contribution in [0.2, 0.25) is 0 Å². The van der Waals surface area contributed by atoms with Crippen LogP contribution >= 0.6 is 0 Å². The molecule has 0 radical (unpaired) electrons. The SMILES string of the molecule is COc1cccc(N(CCCO)C2CCC2)c1C(C)=O. The summed E-state index contributed by atoms with van der Waals surface area (Å²) in [7, 11) is 1.59. The van der Waals surface area contributed by atoms with E-state index < -0.39 is 0 Å². The number of benzene rings is 1. The number of aliphatic hydroxyl groups is 1. The van der Waals surface area contributed by atoms with E-state index in [0.717, 1.165) is 25.1 Å². The third kappa shape index (κ3) is 2.96. The van der Waals surface area contributed by atoms with Crippen molar-refractivity contribution in [2.24, 2.45) is 0 Å². The van der Waals surface area contributed by atoms with Crippen molar-refractivity contribution in [2.75, 3.05) is 25.2 Å². The fourth-order valence-electron chi connectivity index (χ4n) is 2.72. The highest BCUT2D eigenvalue weighted by Crippen LogP contribution is 2.35. The normalized spacial score (nSPS) is 14.8. The Bertz CT molecular complexity index is 469. The van der Waals surface area contributed by atoms with Gasteiger partial charge in [0, 0.05) is 19.2 Å². The molecule has 1 aliphatic carbocycles. The number of Topliss-reactive ketones (excluding diaryl/α,β-unsaturated/α-hetero) is 1. The monoisotopic (exact) mass is 277 g/mol. The molecule has 110 valence electrons. The third-order valence-electron chi connectivity index (χ3n) is 3.96. The minimum absolute atomic E-state index is 0.0192. The molecule has 1 saturated carbocycles. The first-order chi connectivity index (χ1) is 9.69. The second kappa shape index (κ2) is 6.75. The largest absolute Gasteiger partial charge is 0.496 e. The van der Waals surface area contributed by atoms with Crippen molar-refractivity contribution in [1.82, 2.24) is 0 Å². The summed E-state index contributed by atoms with van der Waals surface area (Å²) < 4.78 is 5.34. The summed E-state index contributed by atoms with van der Waals surface area (Å²) in [6.07, 6.45) is 4.25. The molecular weight excluding hydrogens is 254 g/mol. The van der Waals surface area contributed by atoms with Crippen molar-refractivity contribution in [3.05, 3.63) is 23.8 Å². The summed E-state index contributed by atoms with van der Waals surface area (Å²) in [5.41, 5.74) is 1.59. The molecule has 4 nitrogen and oxygen atoms in total. The Balaban J connectivity index is 2.38. The molecule has 0 unspecified atom stereocenters. The molecule has 0 amide bonds. The zero-order valence-electron chi connectivity index (χ0n) is 12.3. The Morgan fingerprint density at radius 2 is 2.20 bits per heavy atom. The highest BCUT2D eigenvalue weighted by atomic mass is 16.5. The van der Waals surface area contributed by atoms with E-state index in [1.165, 1.54) is 6.42 Å².